The van der Waals surface area contributed by atoms with Gasteiger partial charge in [-0.15, -0.1) is 44.8 Å². The Bertz CT molecular complexity index is 79.1. The number of hydrogen-bond donors (Lipinski definition) is 0. The zero-order valence-electron chi connectivity index (χ0n) is 5.00. The molecule has 0 nitrogen and oxygen atoms in total. The lowest BCUT2D eigenvalue weighted by molar-refractivity contribution is 0.854. The molecule has 1 atom stereocenters. The van der Waals surface area contributed by atoms with Gasteiger partial charge >= 0.3 is 6.00 Å². The maximum absolute atomic E-state index is 5.72. The summed E-state index contributed by atoms with van der Waals surface area (Å²) in [5, 5.41) is -0.229. The lowest BCUT2D eigenvalue weighted by Crippen LogP contribution is -2.25. The normalized spacial score (nSPS) is 15.7. The van der Waals surface area contributed by atoms with Crippen LogP contribution in [0.3, 0.4) is 0 Å². The Labute approximate surface area is 75.5 Å². The van der Waals surface area contributed by atoms with Crippen molar-refractivity contribution in [2.75, 3.05) is 0 Å². The molecule has 0 aromatic carbocycles. The quantitative estimate of drug-likeness (QED) is 0.392. The Morgan fingerprint density at radius 2 is 1.78 bits per heavy atom. The molecule has 0 fully saturated rings. The van der Waals surface area contributed by atoms with E-state index >= 15 is 0 Å². The van der Waals surface area contributed by atoms with Crippen LogP contribution in [0.1, 0.15) is 19.8 Å². The molecule has 0 bridgehead atoms. The second-order valence-electron chi connectivity index (χ2n) is 1.80. The molecule has 0 saturated heterocycles. The zero-order valence-corrected chi connectivity index (χ0v) is 9.03. The molecule has 0 heterocycles. The van der Waals surface area contributed by atoms with Gasteiger partial charge in [-0.05, 0) is 6.42 Å². The van der Waals surface area contributed by atoms with E-state index in [1.54, 1.807) is 0 Å². The van der Waals surface area contributed by atoms with Crippen molar-refractivity contribution in [3.63, 3.8) is 0 Å². The minimum Gasteiger partial charge on any atom is -0.125 e. The molecule has 0 N–H and O–H groups in total. The summed E-state index contributed by atoms with van der Waals surface area (Å²) in [4.78, 5) is 0. The van der Waals surface area contributed by atoms with Crippen molar-refractivity contribution in [3.05, 3.63) is 0 Å². The third-order valence-corrected chi connectivity index (χ3v) is 6.47. The van der Waals surface area contributed by atoms with E-state index in [9.17, 15) is 0 Å². The molecule has 1 unspecified atom stereocenters. The summed E-state index contributed by atoms with van der Waals surface area (Å²) in [7, 11) is 0. The maximum atomic E-state index is 5.72. The highest BCUT2D eigenvalue weighted by molar-refractivity contribution is 7.66. The van der Waals surface area contributed by atoms with Gasteiger partial charge in [0.25, 0.3) is 0 Å². The Kier molecular flexibility index (Phi) is 4.95. The second-order valence-corrected chi connectivity index (χ2v) is 11.6. The molecular formula is C4H8Cl4Si. The van der Waals surface area contributed by atoms with Gasteiger partial charge in [0.1, 0.15) is 0 Å². The van der Waals surface area contributed by atoms with Crippen molar-refractivity contribution >= 4 is 50.8 Å². The van der Waals surface area contributed by atoms with Gasteiger partial charge in [0.05, 0.1) is 5.00 Å². The molecule has 0 radical (unpaired) electrons. The first kappa shape index (κ1) is 10.4. The fourth-order valence-electron chi connectivity index (χ4n) is 0.417. The summed E-state index contributed by atoms with van der Waals surface area (Å²) in [5.74, 6) is 0. The molecule has 0 spiro atoms. The minimum absolute atomic E-state index is 0.229. The zero-order chi connectivity index (χ0) is 7.49. The van der Waals surface area contributed by atoms with E-state index in [0.29, 0.717) is 0 Å². The largest absolute Gasteiger partial charge is 0.358 e. The topological polar surface area (TPSA) is 0 Å². The number of alkyl halides is 1. The van der Waals surface area contributed by atoms with Crippen molar-refractivity contribution < 1.29 is 0 Å². The molecule has 0 aromatic heterocycles. The molecule has 0 aliphatic rings. The van der Waals surface area contributed by atoms with Gasteiger partial charge < -0.3 is 0 Å². The van der Waals surface area contributed by atoms with Crippen LogP contribution in [0.2, 0.25) is 0 Å². The Morgan fingerprint density at radius 3 is 1.89 bits per heavy atom. The molecule has 5 heteroatoms. The highest BCUT2D eigenvalue weighted by Crippen LogP contribution is 2.30. The molecule has 0 saturated carbocycles. The van der Waals surface area contributed by atoms with Crippen LogP contribution in [0.4, 0.5) is 0 Å². The molecule has 0 aromatic rings. The standard InChI is InChI=1S/C4H8Cl4Si/c1-2-3-4(5)9(6,7)8/h4H,2-3H2,1H3. The summed E-state index contributed by atoms with van der Waals surface area (Å²) in [6.45, 7) is 2.01. The lowest BCUT2D eigenvalue weighted by Gasteiger charge is -2.13. The fourth-order valence-corrected chi connectivity index (χ4v) is 2.23. The van der Waals surface area contributed by atoms with E-state index in [2.05, 4.69) is 0 Å². The highest BCUT2D eigenvalue weighted by atomic mass is 35.8. The van der Waals surface area contributed by atoms with E-state index in [1.807, 2.05) is 6.92 Å². The van der Waals surface area contributed by atoms with Crippen molar-refractivity contribution in [3.8, 4) is 0 Å². The van der Waals surface area contributed by atoms with E-state index < -0.39 is 6.00 Å². The molecule has 0 aliphatic heterocycles. The molecule has 0 amide bonds. The van der Waals surface area contributed by atoms with Crippen LogP contribution >= 0.6 is 44.8 Å². The van der Waals surface area contributed by atoms with Gasteiger partial charge in [0.15, 0.2) is 0 Å². The van der Waals surface area contributed by atoms with Crippen LogP contribution in [-0.2, 0) is 0 Å². The monoisotopic (exact) mass is 224 g/mol. The van der Waals surface area contributed by atoms with Crippen LogP contribution in [-0.4, -0.2) is 11.0 Å². The first-order chi connectivity index (χ1) is 3.98. The number of hydrogen-bond acceptors (Lipinski definition) is 0. The fraction of sp³-hybridized carbons (Fsp3) is 1.00. The van der Waals surface area contributed by atoms with Gasteiger partial charge in [0, 0.05) is 0 Å². The summed E-state index contributed by atoms with van der Waals surface area (Å²) >= 11 is 22.5. The van der Waals surface area contributed by atoms with E-state index in [-0.39, 0.29) is 5.00 Å². The number of halogens is 4. The van der Waals surface area contributed by atoms with Crippen LogP contribution in [0.15, 0.2) is 0 Å². The van der Waals surface area contributed by atoms with Crippen LogP contribution in [0, 0.1) is 0 Å². The highest BCUT2D eigenvalue weighted by Gasteiger charge is 2.34. The second kappa shape index (κ2) is 4.30. The van der Waals surface area contributed by atoms with Gasteiger partial charge in [-0.1, -0.05) is 13.3 Å². The molecule has 0 aliphatic carbocycles. The molecule has 0 rings (SSSR count). The molecular weight excluding hydrogens is 218 g/mol. The van der Waals surface area contributed by atoms with Crippen LogP contribution in [0.25, 0.3) is 0 Å². The predicted octanol–water partition coefficient (Wildman–Crippen LogP) is 3.59. The smallest absolute Gasteiger partial charge is 0.125 e. The average Bonchev–Trinajstić information content (AvgIpc) is 1.64. The van der Waals surface area contributed by atoms with Crippen molar-refractivity contribution in [1.29, 1.82) is 0 Å². The third kappa shape index (κ3) is 4.74. The van der Waals surface area contributed by atoms with Crippen LogP contribution in [0.5, 0.6) is 0 Å². The van der Waals surface area contributed by atoms with Crippen molar-refractivity contribution in [1.82, 2.24) is 0 Å². The van der Waals surface area contributed by atoms with E-state index in [0.717, 1.165) is 12.8 Å². The van der Waals surface area contributed by atoms with Gasteiger partial charge in [-0.3, -0.25) is 0 Å². The summed E-state index contributed by atoms with van der Waals surface area (Å²) < 4.78 is 0. The number of rotatable bonds is 3. The van der Waals surface area contributed by atoms with Crippen molar-refractivity contribution in [2.24, 2.45) is 0 Å². The molecule has 9 heavy (non-hydrogen) atoms. The predicted molar refractivity (Wildman–Crippen MR) is 47.9 cm³/mol. The summed E-state index contributed by atoms with van der Waals surface area (Å²) in [5.41, 5.74) is 0. The Balaban J connectivity index is 3.59. The van der Waals surface area contributed by atoms with Gasteiger partial charge in [-0.2, -0.15) is 0 Å². The minimum atomic E-state index is -2.60. The summed E-state index contributed by atoms with van der Waals surface area (Å²) in [6, 6.07) is -2.60. The lowest BCUT2D eigenvalue weighted by atomic mass is 10.4. The Morgan fingerprint density at radius 1 is 1.33 bits per heavy atom. The summed E-state index contributed by atoms with van der Waals surface area (Å²) in [6.07, 6.45) is 1.76. The first-order valence-corrected chi connectivity index (χ1v) is 8.24. The SMILES string of the molecule is CCCC(Cl)[Si](Cl)(Cl)Cl. The Hall–Kier alpha value is 1.38. The molecule has 56 valence electrons. The van der Waals surface area contributed by atoms with Crippen molar-refractivity contribution in [2.45, 2.75) is 24.8 Å². The average molecular weight is 226 g/mol. The first-order valence-electron chi connectivity index (χ1n) is 2.69. The van der Waals surface area contributed by atoms with E-state index in [1.165, 1.54) is 0 Å². The van der Waals surface area contributed by atoms with E-state index in [4.69, 9.17) is 44.8 Å². The van der Waals surface area contributed by atoms with Gasteiger partial charge in [-0.25, -0.2) is 0 Å². The third-order valence-electron chi connectivity index (χ3n) is 0.897. The van der Waals surface area contributed by atoms with Crippen LogP contribution < -0.4 is 0 Å². The van der Waals surface area contributed by atoms with Gasteiger partial charge in [0.2, 0.25) is 0 Å². The maximum Gasteiger partial charge on any atom is 0.358 e.